The smallest absolute Gasteiger partial charge is 0.457 e. The number of alkyl halides is 7. The van der Waals surface area contributed by atoms with Crippen LogP contribution in [0.15, 0.2) is 72.8 Å². The predicted molar refractivity (Wildman–Crippen MR) is 133 cm³/mol. The molecule has 0 aromatic heterocycles. The monoisotopic (exact) mass is 559 g/mol. The van der Waals surface area contributed by atoms with Gasteiger partial charge >= 0.3 is 18.7 Å². The maximum atomic E-state index is 13.3. The highest BCUT2D eigenvalue weighted by Crippen LogP contribution is 2.31. The molecule has 0 saturated heterocycles. The Bertz CT molecular complexity index is 1200. The number of hydrogen-bond donors (Lipinski definition) is 1. The fraction of sp³-hybridized carbons (Fsp3) is 0.357. The average molecular weight is 560 g/mol. The molecule has 0 unspecified atom stereocenters. The minimum absolute atomic E-state index is 0.182. The summed E-state index contributed by atoms with van der Waals surface area (Å²) in [5, 5.41) is 9.76. The summed E-state index contributed by atoms with van der Waals surface area (Å²) in [4.78, 5) is 1.17. The number of unbranched alkanes of at least 4 members (excludes halogenated alkanes) is 1. The Hall–Kier alpha value is -3.47. The van der Waals surface area contributed by atoms with Gasteiger partial charge in [-0.15, -0.1) is 0 Å². The molecule has 0 radical (unpaired) electrons. The van der Waals surface area contributed by atoms with Gasteiger partial charge in [0.25, 0.3) is 0 Å². The highest BCUT2D eigenvalue weighted by atomic mass is 19.4. The van der Waals surface area contributed by atoms with Gasteiger partial charge in [0.1, 0.15) is 17.2 Å². The molecule has 4 nitrogen and oxygen atoms in total. The average Bonchev–Trinajstić information content (AvgIpc) is 2.87. The van der Waals surface area contributed by atoms with E-state index in [0.717, 1.165) is 37.0 Å². The van der Waals surface area contributed by atoms with Crippen molar-refractivity contribution in [3.63, 3.8) is 0 Å². The highest BCUT2D eigenvalue weighted by Gasteiger charge is 2.44. The maximum absolute atomic E-state index is 13.3. The van der Waals surface area contributed by atoms with Gasteiger partial charge in [-0.1, -0.05) is 43.7 Å². The molecule has 0 fully saturated rings. The van der Waals surface area contributed by atoms with Crippen molar-refractivity contribution in [3.05, 3.63) is 83.9 Å². The summed E-state index contributed by atoms with van der Waals surface area (Å²) >= 11 is 0. The summed E-state index contributed by atoms with van der Waals surface area (Å²) in [6.07, 6.45) is -13.6. The molecular weight excluding hydrogens is 531 g/mol. The molecular formula is C28H28F7NO3. The van der Waals surface area contributed by atoms with Crippen LogP contribution in [0.5, 0.6) is 17.2 Å². The van der Waals surface area contributed by atoms with E-state index in [1.54, 1.807) is 18.2 Å². The van der Waals surface area contributed by atoms with Crippen LogP contribution in [0.1, 0.15) is 30.9 Å². The number of anilines is 1. The number of rotatable bonds is 13. The minimum Gasteiger partial charge on any atom is -0.457 e. The summed E-state index contributed by atoms with van der Waals surface area (Å²) in [7, 11) is 0. The normalized spacial score (nSPS) is 12.9. The molecule has 0 bridgehead atoms. The van der Waals surface area contributed by atoms with Crippen molar-refractivity contribution in [1.82, 2.24) is 0 Å². The zero-order valence-electron chi connectivity index (χ0n) is 21.0. The first-order valence-electron chi connectivity index (χ1n) is 12.2. The molecule has 0 amide bonds. The van der Waals surface area contributed by atoms with Crippen LogP contribution in [-0.2, 0) is 13.0 Å². The van der Waals surface area contributed by atoms with E-state index < -0.39 is 37.1 Å². The van der Waals surface area contributed by atoms with E-state index in [4.69, 9.17) is 4.74 Å². The molecule has 0 aliphatic rings. The standard InChI is InChI=1S/C28H28F7NO3/c1-2-3-7-19-8-4-11-22(14-19)38-23-12-6-10-21(16-23)36(18-25(37)27(31,32)33)17-20-9-5-13-24(15-20)39-28(34,35)26(29)30/h4-6,8-16,25-26,37H,2-3,7,17-18H2,1H3/t25-/m1/s1. The Morgan fingerprint density at radius 2 is 1.41 bits per heavy atom. The molecule has 1 atom stereocenters. The lowest BCUT2D eigenvalue weighted by Crippen LogP contribution is -2.40. The van der Waals surface area contributed by atoms with Crippen LogP contribution >= 0.6 is 0 Å². The molecule has 0 aliphatic carbocycles. The first-order valence-corrected chi connectivity index (χ1v) is 12.2. The fourth-order valence-corrected chi connectivity index (χ4v) is 3.73. The van der Waals surface area contributed by atoms with E-state index in [-0.39, 0.29) is 17.8 Å². The van der Waals surface area contributed by atoms with E-state index in [1.807, 2.05) is 18.2 Å². The SMILES string of the molecule is CCCCc1cccc(Oc2cccc(N(Cc3cccc(OC(F)(F)C(F)F)c3)C[C@@H](O)C(F)(F)F)c2)c1. The molecule has 1 N–H and O–H groups in total. The lowest BCUT2D eigenvalue weighted by Gasteiger charge is -2.29. The Morgan fingerprint density at radius 1 is 0.821 bits per heavy atom. The third-order valence-electron chi connectivity index (χ3n) is 5.69. The van der Waals surface area contributed by atoms with Crippen LogP contribution in [0.4, 0.5) is 36.4 Å². The molecule has 3 rings (SSSR count). The van der Waals surface area contributed by atoms with Crippen LogP contribution in [0.2, 0.25) is 0 Å². The Morgan fingerprint density at radius 3 is 2.05 bits per heavy atom. The van der Waals surface area contributed by atoms with Gasteiger partial charge in [-0.05, 0) is 60.4 Å². The van der Waals surface area contributed by atoms with Crippen LogP contribution in [0, 0.1) is 0 Å². The molecule has 3 aromatic carbocycles. The Kier molecular flexibility index (Phi) is 10.1. The van der Waals surface area contributed by atoms with Crippen molar-refractivity contribution in [1.29, 1.82) is 0 Å². The zero-order valence-corrected chi connectivity index (χ0v) is 21.0. The van der Waals surface area contributed by atoms with Crippen molar-refractivity contribution in [2.75, 3.05) is 11.4 Å². The van der Waals surface area contributed by atoms with Crippen molar-refractivity contribution >= 4 is 5.69 Å². The van der Waals surface area contributed by atoms with Gasteiger partial charge in [-0.2, -0.15) is 30.7 Å². The summed E-state index contributed by atoms with van der Waals surface area (Å²) in [6, 6.07) is 18.3. The number of hydrogen-bond acceptors (Lipinski definition) is 4. The van der Waals surface area contributed by atoms with Crippen molar-refractivity contribution in [3.8, 4) is 17.2 Å². The summed E-state index contributed by atoms with van der Waals surface area (Å²) in [5.74, 6) is 0.266. The van der Waals surface area contributed by atoms with Crippen LogP contribution in [0.3, 0.4) is 0 Å². The van der Waals surface area contributed by atoms with Crippen LogP contribution in [-0.4, -0.2) is 36.5 Å². The van der Waals surface area contributed by atoms with Gasteiger partial charge in [-0.3, -0.25) is 0 Å². The number of aliphatic hydroxyl groups is 1. The molecule has 3 aromatic rings. The Balaban J connectivity index is 1.86. The lowest BCUT2D eigenvalue weighted by atomic mass is 10.1. The number of benzene rings is 3. The molecule has 0 spiro atoms. The lowest BCUT2D eigenvalue weighted by molar-refractivity contribution is -0.253. The molecule has 39 heavy (non-hydrogen) atoms. The molecule has 11 heteroatoms. The number of nitrogens with zero attached hydrogens (tertiary/aromatic N) is 1. The van der Waals surface area contributed by atoms with E-state index in [9.17, 15) is 35.8 Å². The van der Waals surface area contributed by atoms with Crippen molar-refractivity contribution in [2.24, 2.45) is 0 Å². The predicted octanol–water partition coefficient (Wildman–Crippen LogP) is 7.99. The van der Waals surface area contributed by atoms with Crippen LogP contribution < -0.4 is 14.4 Å². The van der Waals surface area contributed by atoms with Gasteiger partial charge in [0.2, 0.25) is 0 Å². The summed E-state index contributed by atoms with van der Waals surface area (Å²) < 4.78 is 101. The zero-order chi connectivity index (χ0) is 28.6. The highest BCUT2D eigenvalue weighted by molar-refractivity contribution is 5.52. The second-order valence-electron chi connectivity index (χ2n) is 8.90. The first-order chi connectivity index (χ1) is 18.4. The summed E-state index contributed by atoms with van der Waals surface area (Å²) in [5.41, 5.74) is 1.49. The number of aryl methyl sites for hydroxylation is 1. The second kappa shape index (κ2) is 13.1. The van der Waals surface area contributed by atoms with E-state index >= 15 is 0 Å². The molecule has 212 valence electrons. The molecule has 0 heterocycles. The second-order valence-corrected chi connectivity index (χ2v) is 8.90. The Labute approximate surface area is 221 Å². The third-order valence-corrected chi connectivity index (χ3v) is 5.69. The first kappa shape index (κ1) is 30.1. The van der Waals surface area contributed by atoms with Gasteiger partial charge in [0, 0.05) is 18.3 Å². The number of aliphatic hydroxyl groups excluding tert-OH is 1. The minimum atomic E-state index is -4.92. The fourth-order valence-electron chi connectivity index (χ4n) is 3.73. The van der Waals surface area contributed by atoms with Gasteiger partial charge < -0.3 is 19.5 Å². The third kappa shape index (κ3) is 9.05. The topological polar surface area (TPSA) is 41.9 Å². The van der Waals surface area contributed by atoms with Crippen molar-refractivity contribution < 1.29 is 45.3 Å². The van der Waals surface area contributed by atoms with Gasteiger partial charge in [0.15, 0.2) is 6.10 Å². The number of halogens is 7. The van der Waals surface area contributed by atoms with E-state index in [0.29, 0.717) is 11.5 Å². The maximum Gasteiger partial charge on any atom is 0.461 e. The molecule has 0 saturated carbocycles. The van der Waals surface area contributed by atoms with E-state index in [2.05, 4.69) is 11.7 Å². The van der Waals surface area contributed by atoms with Gasteiger partial charge in [0.05, 0.1) is 6.54 Å². The largest absolute Gasteiger partial charge is 0.461 e. The van der Waals surface area contributed by atoms with Crippen LogP contribution in [0.25, 0.3) is 0 Å². The summed E-state index contributed by atoms with van der Waals surface area (Å²) in [6.45, 7) is 0.896. The van der Waals surface area contributed by atoms with Gasteiger partial charge in [-0.25, -0.2) is 0 Å². The van der Waals surface area contributed by atoms with Crippen molar-refractivity contribution in [2.45, 2.75) is 57.5 Å². The quantitative estimate of drug-likeness (QED) is 0.216. The number of ether oxygens (including phenoxy) is 2. The molecule has 0 aliphatic heterocycles. The van der Waals surface area contributed by atoms with E-state index in [1.165, 1.54) is 29.2 Å².